The smallest absolute Gasteiger partial charge is 0.320 e. The molecule has 0 aliphatic rings. The summed E-state index contributed by atoms with van der Waals surface area (Å²) in [5.74, 6) is 0. The first kappa shape index (κ1) is 33.5. The van der Waals surface area contributed by atoms with E-state index in [1.54, 1.807) is 56.9 Å². The molecular formula is C21H52O8Si4. The minimum Gasteiger partial charge on any atom is -0.400 e. The van der Waals surface area contributed by atoms with E-state index < -0.39 is 37.1 Å². The lowest BCUT2D eigenvalue weighted by molar-refractivity contribution is 0.179. The van der Waals surface area contributed by atoms with Crippen molar-refractivity contribution in [2.24, 2.45) is 5.41 Å². The van der Waals surface area contributed by atoms with E-state index in [0.29, 0.717) is 0 Å². The fourth-order valence-electron chi connectivity index (χ4n) is 4.65. The van der Waals surface area contributed by atoms with E-state index in [4.69, 9.17) is 35.4 Å². The summed E-state index contributed by atoms with van der Waals surface area (Å²) in [6, 6.07) is 4.18. The van der Waals surface area contributed by atoms with Crippen LogP contribution in [0.4, 0.5) is 0 Å². The molecule has 0 aromatic heterocycles. The van der Waals surface area contributed by atoms with Crippen molar-refractivity contribution in [2.75, 3.05) is 56.9 Å². The average molecular weight is 545 g/mol. The van der Waals surface area contributed by atoms with Crippen molar-refractivity contribution >= 4 is 37.1 Å². The summed E-state index contributed by atoms with van der Waals surface area (Å²) in [5, 5.41) is 0. The van der Waals surface area contributed by atoms with E-state index in [1.165, 1.54) is 25.7 Å². The predicted molar refractivity (Wildman–Crippen MR) is 143 cm³/mol. The van der Waals surface area contributed by atoms with Gasteiger partial charge in [-0.1, -0.05) is 25.7 Å². The molecule has 0 aliphatic carbocycles. The molecule has 0 radical (unpaired) electrons. The van der Waals surface area contributed by atoms with Gasteiger partial charge in [0.05, 0.1) is 0 Å². The Hall–Kier alpha value is 0.548. The average Bonchev–Trinajstić information content (AvgIpc) is 2.85. The van der Waals surface area contributed by atoms with Gasteiger partial charge in [0.1, 0.15) is 0 Å². The van der Waals surface area contributed by atoms with Crippen LogP contribution in [-0.4, -0.2) is 94.0 Å². The van der Waals surface area contributed by atoms with Gasteiger partial charge in [-0.05, 0) is 55.3 Å². The van der Waals surface area contributed by atoms with Gasteiger partial charge in [0.2, 0.25) is 0 Å². The van der Waals surface area contributed by atoms with Crippen LogP contribution in [0.1, 0.15) is 51.4 Å². The minimum atomic E-state index is -1.54. The van der Waals surface area contributed by atoms with E-state index in [1.807, 2.05) is 0 Å². The summed E-state index contributed by atoms with van der Waals surface area (Å²) >= 11 is 0. The molecule has 0 saturated carbocycles. The largest absolute Gasteiger partial charge is 0.400 e. The van der Waals surface area contributed by atoms with Crippen LogP contribution in [0.5, 0.6) is 0 Å². The Morgan fingerprint density at radius 2 is 0.545 bits per heavy atom. The third-order valence-electron chi connectivity index (χ3n) is 6.69. The maximum atomic E-state index is 5.57. The van der Waals surface area contributed by atoms with E-state index in [2.05, 4.69) is 0 Å². The Labute approximate surface area is 210 Å². The van der Waals surface area contributed by atoms with Crippen LogP contribution in [0.15, 0.2) is 0 Å². The molecule has 0 aliphatic heterocycles. The van der Waals surface area contributed by atoms with Crippen LogP contribution in [-0.2, 0) is 35.4 Å². The quantitative estimate of drug-likeness (QED) is 0.172. The maximum Gasteiger partial charge on any atom is 0.320 e. The van der Waals surface area contributed by atoms with Gasteiger partial charge in [-0.3, -0.25) is 0 Å². The maximum absolute atomic E-state index is 5.57. The summed E-state index contributed by atoms with van der Waals surface area (Å²) < 4.78 is 44.6. The van der Waals surface area contributed by atoms with Crippen LogP contribution in [0, 0.1) is 5.41 Å². The second-order valence-corrected chi connectivity index (χ2v) is 18.2. The van der Waals surface area contributed by atoms with E-state index in [0.717, 1.165) is 49.9 Å². The standard InChI is InChI=1S/C21H52O8Si4/c1-22-30(23-2)17-9-13-21(14-10-18-31(24-3)25-4,15-11-19-32(26-5)27-6)16-12-20-33(28-7)29-8/h30-33H,9-20H2,1-8H3. The predicted octanol–water partition coefficient (Wildman–Crippen LogP) is 3.15. The Balaban J connectivity index is 5.33. The SMILES string of the molecule is CO[SiH](CCCC(CCC[SiH](OC)OC)(CCC[SiH](OC)OC)CCC[SiH](OC)OC)OC. The summed E-state index contributed by atoms with van der Waals surface area (Å²) in [4.78, 5) is 0. The highest BCUT2D eigenvalue weighted by molar-refractivity contribution is 6.45. The molecule has 0 aromatic carbocycles. The van der Waals surface area contributed by atoms with Crippen molar-refractivity contribution in [2.45, 2.75) is 75.5 Å². The van der Waals surface area contributed by atoms with E-state index in [9.17, 15) is 0 Å². The number of rotatable bonds is 24. The van der Waals surface area contributed by atoms with Crippen molar-refractivity contribution < 1.29 is 35.4 Å². The molecule has 0 N–H and O–H groups in total. The van der Waals surface area contributed by atoms with Gasteiger partial charge >= 0.3 is 37.1 Å². The zero-order valence-corrected chi connectivity index (χ0v) is 27.2. The fourth-order valence-corrected chi connectivity index (χ4v) is 9.46. The summed E-state index contributed by atoms with van der Waals surface area (Å²) in [7, 11) is 8.01. The minimum absolute atomic E-state index is 0.279. The molecule has 0 bridgehead atoms. The summed E-state index contributed by atoms with van der Waals surface area (Å²) in [5.41, 5.74) is 0.279. The monoisotopic (exact) mass is 544 g/mol. The molecule has 0 spiro atoms. The van der Waals surface area contributed by atoms with Gasteiger partial charge in [0.25, 0.3) is 0 Å². The first-order valence-corrected chi connectivity index (χ1v) is 19.2. The fraction of sp³-hybridized carbons (Fsp3) is 1.00. The van der Waals surface area contributed by atoms with Crippen molar-refractivity contribution in [3.8, 4) is 0 Å². The van der Waals surface area contributed by atoms with Gasteiger partial charge in [-0.2, -0.15) is 0 Å². The molecule has 0 aromatic rings. The molecule has 0 amide bonds. The molecule has 0 fully saturated rings. The molecule has 33 heavy (non-hydrogen) atoms. The molecule has 0 unspecified atom stereocenters. The number of hydrogen-bond donors (Lipinski definition) is 0. The zero-order valence-electron chi connectivity index (χ0n) is 22.6. The normalized spacial score (nSPS) is 12.7. The highest BCUT2D eigenvalue weighted by Crippen LogP contribution is 2.42. The third-order valence-corrected chi connectivity index (χ3v) is 14.4. The molecule has 0 saturated heterocycles. The van der Waals surface area contributed by atoms with Crippen molar-refractivity contribution in [1.29, 1.82) is 0 Å². The Kier molecular flexibility index (Phi) is 22.2. The highest BCUT2D eigenvalue weighted by Gasteiger charge is 2.31. The van der Waals surface area contributed by atoms with Gasteiger partial charge in [-0.25, -0.2) is 0 Å². The van der Waals surface area contributed by atoms with Crippen LogP contribution >= 0.6 is 0 Å². The first-order chi connectivity index (χ1) is 16.0. The van der Waals surface area contributed by atoms with E-state index >= 15 is 0 Å². The Morgan fingerprint density at radius 1 is 0.364 bits per heavy atom. The molecule has 200 valence electrons. The van der Waals surface area contributed by atoms with Crippen molar-refractivity contribution in [1.82, 2.24) is 0 Å². The molecular weight excluding hydrogens is 493 g/mol. The van der Waals surface area contributed by atoms with Crippen LogP contribution in [0.25, 0.3) is 0 Å². The van der Waals surface area contributed by atoms with Crippen LogP contribution < -0.4 is 0 Å². The Bertz CT molecular complexity index is 346. The van der Waals surface area contributed by atoms with Gasteiger partial charge in [-0.15, -0.1) is 0 Å². The van der Waals surface area contributed by atoms with Gasteiger partial charge in [0.15, 0.2) is 0 Å². The van der Waals surface area contributed by atoms with Crippen molar-refractivity contribution in [3.63, 3.8) is 0 Å². The summed E-state index contributed by atoms with van der Waals surface area (Å²) in [6.45, 7) is 0. The van der Waals surface area contributed by atoms with Gasteiger partial charge < -0.3 is 35.4 Å². The second-order valence-electron chi connectivity index (χ2n) is 8.67. The molecule has 0 rings (SSSR count). The highest BCUT2D eigenvalue weighted by atomic mass is 28.3. The third kappa shape index (κ3) is 15.3. The second kappa shape index (κ2) is 21.8. The lowest BCUT2D eigenvalue weighted by Crippen LogP contribution is -2.27. The first-order valence-electron chi connectivity index (χ1n) is 12.2. The molecule has 8 nitrogen and oxygen atoms in total. The lowest BCUT2D eigenvalue weighted by Gasteiger charge is -2.36. The lowest BCUT2D eigenvalue weighted by atomic mass is 9.72. The molecule has 12 heteroatoms. The molecule has 0 heterocycles. The Morgan fingerprint density at radius 3 is 0.697 bits per heavy atom. The van der Waals surface area contributed by atoms with Crippen LogP contribution in [0.3, 0.4) is 0 Å². The summed E-state index contributed by atoms with van der Waals surface area (Å²) in [6.07, 6.45) is 9.30. The van der Waals surface area contributed by atoms with E-state index in [-0.39, 0.29) is 5.41 Å². The number of hydrogen-bond acceptors (Lipinski definition) is 8. The van der Waals surface area contributed by atoms with Crippen LogP contribution in [0.2, 0.25) is 24.2 Å². The topological polar surface area (TPSA) is 73.8 Å². The molecule has 0 atom stereocenters. The zero-order chi connectivity index (χ0) is 25.0. The van der Waals surface area contributed by atoms with Gasteiger partial charge in [0, 0.05) is 56.9 Å². The van der Waals surface area contributed by atoms with Crippen molar-refractivity contribution in [3.05, 3.63) is 0 Å².